The van der Waals surface area contributed by atoms with Crippen LogP contribution in [0.4, 0.5) is 0 Å². The van der Waals surface area contributed by atoms with E-state index in [0.717, 1.165) is 5.56 Å². The molecule has 1 aliphatic heterocycles. The third-order valence-electron chi connectivity index (χ3n) is 3.53. The van der Waals surface area contributed by atoms with Gasteiger partial charge in [0, 0.05) is 24.6 Å². The molecule has 1 fully saturated rings. The smallest absolute Gasteiger partial charge is 0.313 e. The lowest BCUT2D eigenvalue weighted by Crippen LogP contribution is -2.35. The molecule has 1 aromatic rings. The van der Waals surface area contributed by atoms with Crippen molar-refractivity contribution in [3.63, 3.8) is 0 Å². The highest BCUT2D eigenvalue weighted by Crippen LogP contribution is 2.31. The zero-order chi connectivity index (χ0) is 14.6. The number of nitrogens with zero attached hydrogens (tertiary/aromatic N) is 1. The van der Waals surface area contributed by atoms with Crippen LogP contribution in [0.25, 0.3) is 0 Å². The van der Waals surface area contributed by atoms with Gasteiger partial charge in [0.1, 0.15) is 0 Å². The van der Waals surface area contributed by atoms with Crippen LogP contribution in [0.3, 0.4) is 0 Å². The zero-order valence-electron chi connectivity index (χ0n) is 11.7. The molecule has 0 spiro atoms. The summed E-state index contributed by atoms with van der Waals surface area (Å²) in [6.45, 7) is 2.71. The molecule has 0 aromatic heterocycles. The molecule has 0 radical (unpaired) electrons. The Hall–Kier alpha value is -2.28. The van der Waals surface area contributed by atoms with Crippen LogP contribution in [-0.4, -0.2) is 37.0 Å². The number of hydrogen-bond donors (Lipinski definition) is 0. The van der Waals surface area contributed by atoms with Gasteiger partial charge in [0.15, 0.2) is 0 Å². The number of carbonyl (C=O) groups excluding carboxylic acids is 2. The van der Waals surface area contributed by atoms with Crippen LogP contribution in [0, 0.1) is 17.3 Å². The lowest BCUT2D eigenvalue weighted by Gasteiger charge is -2.20. The fourth-order valence-corrected chi connectivity index (χ4v) is 2.27. The lowest BCUT2D eigenvalue weighted by atomic mass is 9.90. The number of methoxy groups -OCH3 is 1. The minimum atomic E-state index is -0.612. The molecule has 104 valence electrons. The number of ether oxygens (including phenoxy) is 1. The van der Waals surface area contributed by atoms with Crippen molar-refractivity contribution in [3.8, 4) is 11.8 Å². The summed E-state index contributed by atoms with van der Waals surface area (Å²) < 4.78 is 4.78. The van der Waals surface area contributed by atoms with E-state index in [1.807, 2.05) is 37.3 Å². The van der Waals surface area contributed by atoms with Crippen molar-refractivity contribution in [2.75, 3.05) is 20.2 Å². The van der Waals surface area contributed by atoms with Gasteiger partial charge >= 0.3 is 5.97 Å². The Morgan fingerprint density at radius 2 is 2.00 bits per heavy atom. The quantitative estimate of drug-likeness (QED) is 0.574. The average molecular weight is 271 g/mol. The molecule has 1 atom stereocenters. The topological polar surface area (TPSA) is 46.6 Å². The Morgan fingerprint density at radius 1 is 1.30 bits per heavy atom. The summed E-state index contributed by atoms with van der Waals surface area (Å²) in [4.78, 5) is 25.3. The van der Waals surface area contributed by atoms with Gasteiger partial charge in [0.25, 0.3) is 5.91 Å². The number of amides is 1. The van der Waals surface area contributed by atoms with E-state index in [9.17, 15) is 9.59 Å². The minimum Gasteiger partial charge on any atom is -0.469 e. The van der Waals surface area contributed by atoms with E-state index in [2.05, 4.69) is 11.8 Å². The molecule has 1 amide bonds. The molecule has 0 N–H and O–H groups in total. The minimum absolute atomic E-state index is 0.249. The van der Waals surface area contributed by atoms with Crippen molar-refractivity contribution in [2.45, 2.75) is 13.3 Å². The van der Waals surface area contributed by atoms with E-state index in [1.165, 1.54) is 7.11 Å². The Morgan fingerprint density at radius 3 is 2.65 bits per heavy atom. The Kier molecular flexibility index (Phi) is 4.09. The average Bonchev–Trinajstić information content (AvgIpc) is 2.89. The van der Waals surface area contributed by atoms with Crippen molar-refractivity contribution in [3.05, 3.63) is 35.9 Å². The van der Waals surface area contributed by atoms with Crippen LogP contribution in [0.15, 0.2) is 30.3 Å². The second-order valence-corrected chi connectivity index (χ2v) is 5.14. The summed E-state index contributed by atoms with van der Waals surface area (Å²) in [6, 6.07) is 9.35. The number of rotatable bonds is 1. The van der Waals surface area contributed by atoms with Gasteiger partial charge in [0.2, 0.25) is 0 Å². The zero-order valence-corrected chi connectivity index (χ0v) is 11.7. The van der Waals surface area contributed by atoms with Crippen LogP contribution in [0.5, 0.6) is 0 Å². The Bertz CT molecular complexity index is 570. The predicted molar refractivity (Wildman–Crippen MR) is 74.6 cm³/mol. The van der Waals surface area contributed by atoms with E-state index in [4.69, 9.17) is 4.74 Å². The van der Waals surface area contributed by atoms with Gasteiger partial charge < -0.3 is 9.64 Å². The highest BCUT2D eigenvalue weighted by atomic mass is 16.5. The van der Waals surface area contributed by atoms with Gasteiger partial charge in [-0.2, -0.15) is 0 Å². The second kappa shape index (κ2) is 5.79. The standard InChI is InChI=1S/C16H17NO3/c1-16(15(19)20-2)10-11-17(12-16)14(18)9-8-13-6-4-3-5-7-13/h3-7H,10-12H2,1-2H3/t16-/m0/s1. The van der Waals surface area contributed by atoms with Gasteiger partial charge in [-0.25, -0.2) is 0 Å². The molecule has 4 nitrogen and oxygen atoms in total. The Balaban J connectivity index is 2.03. The van der Waals surface area contributed by atoms with Crippen molar-refractivity contribution in [2.24, 2.45) is 5.41 Å². The normalized spacial score (nSPS) is 21.0. The summed E-state index contributed by atoms with van der Waals surface area (Å²) in [5, 5.41) is 0. The summed E-state index contributed by atoms with van der Waals surface area (Å²) >= 11 is 0. The molecular formula is C16H17NO3. The van der Waals surface area contributed by atoms with Gasteiger partial charge in [-0.15, -0.1) is 0 Å². The van der Waals surface area contributed by atoms with Crippen LogP contribution in [-0.2, 0) is 14.3 Å². The number of benzene rings is 1. The van der Waals surface area contributed by atoms with Gasteiger partial charge in [-0.1, -0.05) is 24.1 Å². The first-order valence-electron chi connectivity index (χ1n) is 6.49. The van der Waals surface area contributed by atoms with E-state index in [1.54, 1.807) is 4.90 Å². The fourth-order valence-electron chi connectivity index (χ4n) is 2.27. The maximum atomic E-state index is 12.0. The van der Waals surface area contributed by atoms with E-state index in [-0.39, 0.29) is 11.9 Å². The molecule has 0 aliphatic carbocycles. The molecular weight excluding hydrogens is 254 g/mol. The summed E-state index contributed by atoms with van der Waals surface area (Å²) in [5.41, 5.74) is 0.189. The summed E-state index contributed by atoms with van der Waals surface area (Å²) in [7, 11) is 1.37. The van der Waals surface area contributed by atoms with Crippen molar-refractivity contribution >= 4 is 11.9 Å². The van der Waals surface area contributed by atoms with Gasteiger partial charge in [-0.05, 0) is 25.5 Å². The maximum absolute atomic E-state index is 12.0. The summed E-state index contributed by atoms with van der Waals surface area (Å²) in [6.07, 6.45) is 0.610. The molecule has 20 heavy (non-hydrogen) atoms. The first-order chi connectivity index (χ1) is 9.55. The lowest BCUT2D eigenvalue weighted by molar-refractivity contribution is -0.151. The molecule has 0 unspecified atom stereocenters. The molecule has 1 aliphatic rings. The fraction of sp³-hybridized carbons (Fsp3) is 0.375. The Labute approximate surface area is 118 Å². The monoisotopic (exact) mass is 271 g/mol. The SMILES string of the molecule is COC(=O)[C@@]1(C)CCN(C(=O)C#Cc2ccccc2)C1. The van der Waals surface area contributed by atoms with E-state index in [0.29, 0.717) is 19.5 Å². The number of carbonyl (C=O) groups is 2. The predicted octanol–water partition coefficient (Wildman–Crippen LogP) is 1.45. The van der Waals surface area contributed by atoms with Crippen LogP contribution < -0.4 is 0 Å². The van der Waals surface area contributed by atoms with E-state index >= 15 is 0 Å². The van der Waals surface area contributed by atoms with Crippen molar-refractivity contribution in [1.82, 2.24) is 4.90 Å². The molecule has 4 heteroatoms. The van der Waals surface area contributed by atoms with Gasteiger partial charge in [-0.3, -0.25) is 9.59 Å². The summed E-state index contributed by atoms with van der Waals surface area (Å²) in [5.74, 6) is 4.93. The second-order valence-electron chi connectivity index (χ2n) is 5.14. The largest absolute Gasteiger partial charge is 0.469 e. The third kappa shape index (κ3) is 3.00. The first-order valence-corrected chi connectivity index (χ1v) is 6.49. The van der Waals surface area contributed by atoms with Crippen LogP contribution in [0.1, 0.15) is 18.9 Å². The molecule has 0 bridgehead atoms. The molecule has 1 aromatic carbocycles. The van der Waals surface area contributed by atoms with E-state index < -0.39 is 5.41 Å². The molecule has 1 heterocycles. The molecule has 2 rings (SSSR count). The third-order valence-corrected chi connectivity index (χ3v) is 3.53. The maximum Gasteiger partial charge on any atom is 0.313 e. The van der Waals surface area contributed by atoms with Crippen molar-refractivity contribution < 1.29 is 14.3 Å². The van der Waals surface area contributed by atoms with Crippen molar-refractivity contribution in [1.29, 1.82) is 0 Å². The first kappa shape index (κ1) is 14.1. The number of esters is 1. The van der Waals surface area contributed by atoms with Crippen LogP contribution >= 0.6 is 0 Å². The highest BCUT2D eigenvalue weighted by Gasteiger charge is 2.42. The van der Waals surface area contributed by atoms with Gasteiger partial charge in [0.05, 0.1) is 12.5 Å². The van der Waals surface area contributed by atoms with Crippen LogP contribution in [0.2, 0.25) is 0 Å². The number of hydrogen-bond acceptors (Lipinski definition) is 3. The highest BCUT2D eigenvalue weighted by molar-refractivity contribution is 5.95. The molecule has 1 saturated heterocycles. The number of likely N-dealkylation sites (tertiary alicyclic amines) is 1. The molecule has 0 saturated carbocycles.